The van der Waals surface area contributed by atoms with Crippen LogP contribution in [0.25, 0.3) is 0 Å². The van der Waals surface area contributed by atoms with Gasteiger partial charge >= 0.3 is 0 Å². The molecule has 0 bridgehead atoms. The Morgan fingerprint density at radius 2 is 2.42 bits per heavy atom. The molecular weight excluding hydrogens is 150 g/mol. The molecule has 0 aromatic rings. The summed E-state index contributed by atoms with van der Waals surface area (Å²) in [5.41, 5.74) is 6.82. The molecule has 66 valence electrons. The van der Waals surface area contributed by atoms with Gasteiger partial charge in [0.25, 0.3) is 0 Å². The number of hydrogen-bond donors (Lipinski definition) is 1. The van der Waals surface area contributed by atoms with Crippen molar-refractivity contribution in [1.29, 1.82) is 0 Å². The molecule has 2 aliphatic heterocycles. The Hall–Kier alpha value is -0.990. The first-order chi connectivity index (χ1) is 5.68. The zero-order valence-corrected chi connectivity index (χ0v) is 7.62. The predicted octanol–water partition coefficient (Wildman–Crippen LogP) is 0.929. The molecule has 0 aliphatic carbocycles. The second kappa shape index (κ2) is 2.51. The zero-order chi connectivity index (χ0) is 8.72. The highest BCUT2D eigenvalue weighted by molar-refractivity contribution is 5.82. The van der Waals surface area contributed by atoms with Crippen molar-refractivity contribution in [3.63, 3.8) is 0 Å². The predicted molar refractivity (Wildman–Crippen MR) is 49.7 cm³/mol. The minimum Gasteiger partial charge on any atom is -0.369 e. The molecule has 0 spiro atoms. The van der Waals surface area contributed by atoms with Crippen LogP contribution in [0.1, 0.15) is 20.3 Å². The second-order valence-corrected chi connectivity index (χ2v) is 3.75. The van der Waals surface area contributed by atoms with Gasteiger partial charge in [0.1, 0.15) is 0 Å². The van der Waals surface area contributed by atoms with Crippen molar-refractivity contribution in [2.45, 2.75) is 26.3 Å². The lowest BCUT2D eigenvalue weighted by Gasteiger charge is -2.12. The Kier molecular flexibility index (Phi) is 1.60. The molecule has 12 heavy (non-hydrogen) atoms. The number of aliphatic imine (C=N–C) groups is 1. The summed E-state index contributed by atoms with van der Waals surface area (Å²) in [6.45, 7) is 5.37. The van der Waals surface area contributed by atoms with Gasteiger partial charge in [-0.2, -0.15) is 0 Å². The van der Waals surface area contributed by atoms with Crippen LogP contribution >= 0.6 is 0 Å². The summed E-state index contributed by atoms with van der Waals surface area (Å²) in [6, 6.07) is 0.651. The summed E-state index contributed by atoms with van der Waals surface area (Å²) in [6.07, 6.45) is 3.30. The highest BCUT2D eigenvalue weighted by Gasteiger charge is 2.40. The number of guanidine groups is 1. The van der Waals surface area contributed by atoms with Gasteiger partial charge in [-0.05, 0) is 19.3 Å². The van der Waals surface area contributed by atoms with Gasteiger partial charge in [-0.15, -0.1) is 0 Å². The lowest BCUT2D eigenvalue weighted by molar-refractivity contribution is 0.513. The van der Waals surface area contributed by atoms with Crippen LogP contribution < -0.4 is 5.73 Å². The molecule has 3 heteroatoms. The number of allylic oxidation sites excluding steroid dienone is 2. The molecule has 2 aliphatic rings. The van der Waals surface area contributed by atoms with E-state index in [1.165, 1.54) is 0 Å². The lowest BCUT2D eigenvalue weighted by Crippen LogP contribution is -2.26. The first-order valence-electron chi connectivity index (χ1n) is 4.46. The highest BCUT2D eigenvalue weighted by atomic mass is 15.4. The lowest BCUT2D eigenvalue weighted by atomic mass is 10.0. The number of nitrogens with two attached hydrogens (primary N) is 1. The molecule has 0 amide bonds. The van der Waals surface area contributed by atoms with Gasteiger partial charge in [-0.1, -0.05) is 13.0 Å². The molecular formula is C9H15N3. The van der Waals surface area contributed by atoms with E-state index in [9.17, 15) is 0 Å². The maximum absolute atomic E-state index is 5.78. The maximum atomic E-state index is 5.78. The number of fused-ring (bicyclic) bond motifs is 1. The largest absolute Gasteiger partial charge is 0.369 e. The fourth-order valence-electron chi connectivity index (χ4n) is 1.71. The molecule has 2 heterocycles. The van der Waals surface area contributed by atoms with Crippen molar-refractivity contribution in [2.24, 2.45) is 16.6 Å². The fraction of sp³-hybridized carbons (Fsp3) is 0.667. The quantitative estimate of drug-likeness (QED) is 0.542. The maximum Gasteiger partial charge on any atom is 0.196 e. The molecule has 2 N–H and O–H groups in total. The van der Waals surface area contributed by atoms with Crippen LogP contribution in [0.3, 0.4) is 0 Å². The Morgan fingerprint density at radius 3 is 3.17 bits per heavy atom. The van der Waals surface area contributed by atoms with E-state index < -0.39 is 0 Å². The van der Waals surface area contributed by atoms with Crippen LogP contribution in [0.2, 0.25) is 0 Å². The average molecular weight is 165 g/mol. The fourth-order valence-corrected chi connectivity index (χ4v) is 1.71. The van der Waals surface area contributed by atoms with Crippen molar-refractivity contribution in [1.82, 2.24) is 4.90 Å². The molecule has 0 aromatic heterocycles. The summed E-state index contributed by atoms with van der Waals surface area (Å²) in [5, 5.41) is 0. The first-order valence-corrected chi connectivity index (χ1v) is 4.46. The number of nitrogens with zero attached hydrogens (tertiary/aromatic N) is 2. The van der Waals surface area contributed by atoms with E-state index in [0.29, 0.717) is 17.9 Å². The summed E-state index contributed by atoms with van der Waals surface area (Å²) in [5.74, 6) is 1.41. The van der Waals surface area contributed by atoms with E-state index in [1.807, 2.05) is 6.92 Å². The van der Waals surface area contributed by atoms with Gasteiger partial charge in [0.05, 0.1) is 6.04 Å². The Labute approximate surface area is 73.0 Å². The third-order valence-electron chi connectivity index (χ3n) is 2.68. The third kappa shape index (κ3) is 1.19. The van der Waals surface area contributed by atoms with Crippen molar-refractivity contribution < 1.29 is 0 Å². The molecule has 2 unspecified atom stereocenters. The van der Waals surface area contributed by atoms with Gasteiger partial charge in [0.2, 0.25) is 0 Å². The van der Waals surface area contributed by atoms with Crippen LogP contribution in [-0.4, -0.2) is 23.4 Å². The van der Waals surface area contributed by atoms with Gasteiger partial charge in [0.15, 0.2) is 5.96 Å². The van der Waals surface area contributed by atoms with E-state index >= 15 is 0 Å². The smallest absolute Gasteiger partial charge is 0.196 e. The molecule has 2 rings (SSSR count). The van der Waals surface area contributed by atoms with Crippen LogP contribution in [0, 0.1) is 5.92 Å². The summed E-state index contributed by atoms with van der Waals surface area (Å²) >= 11 is 0. The van der Waals surface area contributed by atoms with Crippen molar-refractivity contribution in [3.8, 4) is 0 Å². The van der Waals surface area contributed by atoms with Gasteiger partial charge in [-0.3, -0.25) is 0 Å². The SMILES string of the molecule is CC1=CCC(C)C2CN2C(N)=N1. The standard InChI is InChI=1S/C9H15N3/c1-6-3-4-7(2)11-9(10)12-5-8(6)12/h4,6,8H,3,5H2,1-2H3,(H2,10,11). The third-order valence-corrected chi connectivity index (χ3v) is 2.68. The monoisotopic (exact) mass is 165 g/mol. The van der Waals surface area contributed by atoms with Crippen molar-refractivity contribution >= 4 is 5.96 Å². The molecule has 0 saturated carbocycles. The molecule has 0 radical (unpaired) electrons. The van der Waals surface area contributed by atoms with E-state index in [0.717, 1.165) is 18.7 Å². The van der Waals surface area contributed by atoms with Crippen LogP contribution in [0.4, 0.5) is 0 Å². The van der Waals surface area contributed by atoms with Crippen LogP contribution in [-0.2, 0) is 0 Å². The number of hydrogen-bond acceptors (Lipinski definition) is 3. The first kappa shape index (κ1) is 7.65. The van der Waals surface area contributed by atoms with Gasteiger partial charge in [-0.25, -0.2) is 4.99 Å². The summed E-state index contributed by atoms with van der Waals surface area (Å²) in [4.78, 5) is 6.44. The molecule has 2 atom stereocenters. The Balaban J connectivity index is 2.21. The summed E-state index contributed by atoms with van der Waals surface area (Å²) < 4.78 is 0. The average Bonchev–Trinajstić information content (AvgIpc) is 2.77. The van der Waals surface area contributed by atoms with E-state index in [-0.39, 0.29) is 0 Å². The van der Waals surface area contributed by atoms with E-state index in [2.05, 4.69) is 22.9 Å². The van der Waals surface area contributed by atoms with Gasteiger partial charge < -0.3 is 10.6 Å². The Bertz CT molecular complexity index is 254. The Morgan fingerprint density at radius 1 is 1.67 bits per heavy atom. The van der Waals surface area contributed by atoms with Crippen molar-refractivity contribution in [3.05, 3.63) is 11.8 Å². The minimum atomic E-state index is 0.651. The van der Waals surface area contributed by atoms with Crippen LogP contribution in [0.15, 0.2) is 16.8 Å². The molecule has 3 nitrogen and oxygen atoms in total. The normalized spacial score (nSPS) is 34.3. The molecule has 1 saturated heterocycles. The topological polar surface area (TPSA) is 41.4 Å². The van der Waals surface area contributed by atoms with Crippen molar-refractivity contribution in [2.75, 3.05) is 6.54 Å². The molecule has 1 fully saturated rings. The summed E-state index contributed by atoms with van der Waals surface area (Å²) in [7, 11) is 0. The van der Waals surface area contributed by atoms with E-state index in [1.54, 1.807) is 0 Å². The van der Waals surface area contributed by atoms with Gasteiger partial charge in [0, 0.05) is 12.2 Å². The highest BCUT2D eigenvalue weighted by Crippen LogP contribution is 2.29. The minimum absolute atomic E-state index is 0.651. The number of rotatable bonds is 0. The second-order valence-electron chi connectivity index (χ2n) is 3.75. The van der Waals surface area contributed by atoms with Crippen LogP contribution in [0.5, 0.6) is 0 Å². The van der Waals surface area contributed by atoms with E-state index in [4.69, 9.17) is 5.73 Å². The zero-order valence-electron chi connectivity index (χ0n) is 7.62. The molecule has 0 aromatic carbocycles.